The van der Waals surface area contributed by atoms with Crippen molar-refractivity contribution in [2.45, 2.75) is 17.0 Å². The van der Waals surface area contributed by atoms with Crippen molar-refractivity contribution in [3.8, 4) is 0 Å². The number of rotatable bonds is 8. The topological polar surface area (TPSA) is 72.5 Å². The van der Waals surface area contributed by atoms with E-state index in [1.54, 1.807) is 78.9 Å². The second-order valence-corrected chi connectivity index (χ2v) is 8.73. The first-order chi connectivity index (χ1) is 17.1. The lowest BCUT2D eigenvalue weighted by molar-refractivity contribution is -0.120. The molecule has 4 aromatic rings. The van der Waals surface area contributed by atoms with Crippen LogP contribution in [0.2, 0.25) is 0 Å². The van der Waals surface area contributed by atoms with Crippen molar-refractivity contribution < 1.29 is 19.1 Å². The lowest BCUT2D eigenvalue weighted by Gasteiger charge is -2.27. The van der Waals surface area contributed by atoms with Crippen LogP contribution < -0.4 is 5.32 Å². The van der Waals surface area contributed by atoms with Gasteiger partial charge in [-0.25, -0.2) is 4.79 Å². The van der Waals surface area contributed by atoms with Crippen LogP contribution in [-0.4, -0.2) is 23.1 Å². The van der Waals surface area contributed by atoms with E-state index in [9.17, 15) is 14.4 Å². The number of esters is 1. The van der Waals surface area contributed by atoms with Crippen LogP contribution in [0.15, 0.2) is 126 Å². The molecule has 6 heteroatoms. The fraction of sp³-hybridized carbons (Fsp3) is 0.0690. The van der Waals surface area contributed by atoms with Crippen LogP contribution in [0.25, 0.3) is 0 Å². The van der Waals surface area contributed by atoms with Crippen molar-refractivity contribution >= 4 is 28.8 Å². The molecule has 0 aliphatic rings. The fourth-order valence-electron chi connectivity index (χ4n) is 3.48. The SMILES string of the molecule is O=C(N[C@@H](c1ccccc1)[C@H](OC(=O)c1ccccc1)C(=O)Sc1ccccc1)c1ccccc1. The molecule has 4 aromatic carbocycles. The highest BCUT2D eigenvalue weighted by Gasteiger charge is 2.35. The van der Waals surface area contributed by atoms with E-state index in [1.165, 1.54) is 0 Å². The molecule has 2 atom stereocenters. The second kappa shape index (κ2) is 11.8. The van der Waals surface area contributed by atoms with Gasteiger partial charge in [-0.3, -0.25) is 9.59 Å². The molecule has 5 nitrogen and oxygen atoms in total. The van der Waals surface area contributed by atoms with Crippen LogP contribution >= 0.6 is 11.8 Å². The Morgan fingerprint density at radius 2 is 1.11 bits per heavy atom. The first kappa shape index (κ1) is 24.0. The summed E-state index contributed by atoms with van der Waals surface area (Å²) in [6.07, 6.45) is -1.28. The van der Waals surface area contributed by atoms with E-state index >= 15 is 0 Å². The molecule has 0 saturated carbocycles. The Hall–Kier alpha value is -4.16. The van der Waals surface area contributed by atoms with Crippen LogP contribution in [0.3, 0.4) is 0 Å². The number of amides is 1. The summed E-state index contributed by atoms with van der Waals surface area (Å²) in [5.41, 5.74) is 1.39. The van der Waals surface area contributed by atoms with Gasteiger partial charge in [-0.15, -0.1) is 0 Å². The van der Waals surface area contributed by atoms with Crippen LogP contribution in [0.4, 0.5) is 0 Å². The van der Waals surface area contributed by atoms with Crippen molar-refractivity contribution in [3.63, 3.8) is 0 Å². The summed E-state index contributed by atoms with van der Waals surface area (Å²) in [6, 6.07) is 34.4. The minimum atomic E-state index is -1.28. The Morgan fingerprint density at radius 1 is 0.629 bits per heavy atom. The molecule has 174 valence electrons. The van der Waals surface area contributed by atoms with E-state index in [2.05, 4.69) is 5.32 Å². The second-order valence-electron chi connectivity index (χ2n) is 7.65. The number of hydrogen-bond donors (Lipinski definition) is 1. The van der Waals surface area contributed by atoms with E-state index in [0.29, 0.717) is 21.6 Å². The quantitative estimate of drug-likeness (QED) is 0.258. The first-order valence-electron chi connectivity index (χ1n) is 11.1. The minimum Gasteiger partial charge on any atom is -0.447 e. The molecule has 0 fully saturated rings. The van der Waals surface area contributed by atoms with Gasteiger partial charge in [-0.2, -0.15) is 0 Å². The first-order valence-corrected chi connectivity index (χ1v) is 11.9. The zero-order valence-corrected chi connectivity index (χ0v) is 19.6. The van der Waals surface area contributed by atoms with Gasteiger partial charge in [0.25, 0.3) is 5.91 Å². The van der Waals surface area contributed by atoms with E-state index in [1.807, 2.05) is 42.5 Å². The summed E-state index contributed by atoms with van der Waals surface area (Å²) in [7, 11) is 0. The summed E-state index contributed by atoms with van der Waals surface area (Å²) in [6.45, 7) is 0. The normalized spacial score (nSPS) is 12.2. The number of ether oxygens (including phenoxy) is 1. The van der Waals surface area contributed by atoms with E-state index in [-0.39, 0.29) is 5.91 Å². The third-order valence-electron chi connectivity index (χ3n) is 5.22. The van der Waals surface area contributed by atoms with Crippen LogP contribution in [-0.2, 0) is 9.53 Å². The molecule has 0 bridgehead atoms. The Balaban J connectivity index is 1.70. The standard InChI is InChI=1S/C29H23NO4S/c31-27(22-15-7-2-8-16-22)30-25(21-13-5-1-6-14-21)26(29(33)35-24-19-11-4-12-20-24)34-28(32)23-17-9-3-10-18-23/h1-20,25-26H,(H,30,31)/t25-,26-/m0/s1. The third kappa shape index (κ3) is 6.46. The van der Waals surface area contributed by atoms with Crippen molar-refractivity contribution in [2.24, 2.45) is 0 Å². The van der Waals surface area contributed by atoms with Crippen LogP contribution in [0, 0.1) is 0 Å². The Bertz CT molecular complexity index is 1270. The molecule has 1 amide bonds. The van der Waals surface area contributed by atoms with Gasteiger partial charge in [0.15, 0.2) is 6.10 Å². The monoisotopic (exact) mass is 481 g/mol. The summed E-state index contributed by atoms with van der Waals surface area (Å²) in [5, 5.41) is 2.52. The third-order valence-corrected chi connectivity index (χ3v) is 6.16. The molecular formula is C29H23NO4S. The number of benzene rings is 4. The molecule has 1 N–H and O–H groups in total. The highest BCUT2D eigenvalue weighted by atomic mass is 32.2. The molecule has 0 saturated heterocycles. The van der Waals surface area contributed by atoms with E-state index in [0.717, 1.165) is 11.8 Å². The van der Waals surface area contributed by atoms with Gasteiger partial charge in [0, 0.05) is 10.5 Å². The lowest BCUT2D eigenvalue weighted by Crippen LogP contribution is -2.42. The van der Waals surface area contributed by atoms with Gasteiger partial charge in [-0.1, -0.05) is 84.9 Å². The molecule has 0 aliphatic carbocycles. The molecule has 4 rings (SSSR count). The summed E-state index contributed by atoms with van der Waals surface area (Å²) < 4.78 is 5.80. The highest BCUT2D eigenvalue weighted by Crippen LogP contribution is 2.29. The van der Waals surface area contributed by atoms with Crippen LogP contribution in [0.5, 0.6) is 0 Å². The van der Waals surface area contributed by atoms with E-state index in [4.69, 9.17) is 4.74 Å². The average Bonchev–Trinajstić information content (AvgIpc) is 2.92. The number of hydrogen-bond acceptors (Lipinski definition) is 5. The molecule has 0 aromatic heterocycles. The van der Waals surface area contributed by atoms with Gasteiger partial charge < -0.3 is 10.1 Å². The Morgan fingerprint density at radius 3 is 1.69 bits per heavy atom. The molecule has 35 heavy (non-hydrogen) atoms. The molecule has 0 heterocycles. The van der Waals surface area contributed by atoms with Gasteiger partial charge in [-0.05, 0) is 53.7 Å². The molecular weight excluding hydrogens is 458 g/mol. The molecule has 0 unspecified atom stereocenters. The Labute approximate surface area is 208 Å². The molecule has 0 spiro atoms. The average molecular weight is 482 g/mol. The van der Waals surface area contributed by atoms with Crippen molar-refractivity contribution in [1.82, 2.24) is 5.32 Å². The van der Waals surface area contributed by atoms with Crippen molar-refractivity contribution in [3.05, 3.63) is 138 Å². The number of thioether (sulfide) groups is 1. The summed E-state index contributed by atoms with van der Waals surface area (Å²) in [4.78, 5) is 40.4. The number of carbonyl (C=O) groups is 3. The highest BCUT2D eigenvalue weighted by molar-refractivity contribution is 8.13. The maximum Gasteiger partial charge on any atom is 0.338 e. The fourth-order valence-corrected chi connectivity index (χ4v) is 4.31. The van der Waals surface area contributed by atoms with Crippen molar-refractivity contribution in [2.75, 3.05) is 0 Å². The smallest absolute Gasteiger partial charge is 0.338 e. The van der Waals surface area contributed by atoms with Gasteiger partial charge >= 0.3 is 5.97 Å². The van der Waals surface area contributed by atoms with Gasteiger partial charge in [0.1, 0.15) is 0 Å². The zero-order valence-electron chi connectivity index (χ0n) is 18.7. The Kier molecular flexibility index (Phi) is 8.09. The predicted octanol–water partition coefficient (Wildman–Crippen LogP) is 5.70. The summed E-state index contributed by atoms with van der Waals surface area (Å²) >= 11 is 0.967. The summed E-state index contributed by atoms with van der Waals surface area (Å²) in [5.74, 6) is -1.02. The van der Waals surface area contributed by atoms with E-state index < -0.39 is 23.2 Å². The van der Waals surface area contributed by atoms with Gasteiger partial charge in [0.05, 0.1) is 11.6 Å². The van der Waals surface area contributed by atoms with Gasteiger partial charge in [0.2, 0.25) is 5.12 Å². The maximum absolute atomic E-state index is 13.5. The molecule has 0 aliphatic heterocycles. The largest absolute Gasteiger partial charge is 0.447 e. The maximum atomic E-state index is 13.5. The molecule has 0 radical (unpaired) electrons. The number of carbonyl (C=O) groups excluding carboxylic acids is 3. The predicted molar refractivity (Wildman–Crippen MR) is 136 cm³/mol. The zero-order chi connectivity index (χ0) is 24.5. The lowest BCUT2D eigenvalue weighted by atomic mass is 10.0. The van der Waals surface area contributed by atoms with Crippen LogP contribution in [0.1, 0.15) is 32.3 Å². The minimum absolute atomic E-state index is 0.316. The number of nitrogens with one attached hydrogen (secondary N) is 1. The van der Waals surface area contributed by atoms with Crippen molar-refractivity contribution in [1.29, 1.82) is 0 Å².